The highest BCUT2D eigenvalue weighted by molar-refractivity contribution is 8.18. The molecule has 0 saturated carbocycles. The van der Waals surface area contributed by atoms with Crippen LogP contribution in [0.25, 0.3) is 6.08 Å². The number of hydrogen-bond donors (Lipinski definition) is 0. The van der Waals surface area contributed by atoms with Crippen LogP contribution < -0.4 is 0 Å². The summed E-state index contributed by atoms with van der Waals surface area (Å²) in [5, 5.41) is 0.355. The van der Waals surface area contributed by atoms with Crippen molar-refractivity contribution in [1.82, 2.24) is 9.47 Å². The second-order valence-electron chi connectivity index (χ2n) is 6.89. The van der Waals surface area contributed by atoms with Crippen molar-refractivity contribution in [1.29, 1.82) is 0 Å². The standard InChI is InChI=1S/C22H19ClN2O3S/c1-14-10-17(15(2)24(14)13-19-4-3-9-28-19)11-20-21(26)25(22(27)29-20)12-16-5-7-18(23)8-6-16/h3-11H,12-13H2,1-2H3/b20-11-. The summed E-state index contributed by atoms with van der Waals surface area (Å²) in [5.74, 6) is 0.590. The number of halogens is 1. The van der Waals surface area contributed by atoms with E-state index in [0.717, 1.165) is 40.0 Å². The molecule has 0 spiro atoms. The number of furan rings is 1. The minimum absolute atomic E-state index is 0.233. The maximum Gasteiger partial charge on any atom is 0.293 e. The minimum Gasteiger partial charge on any atom is -0.467 e. The van der Waals surface area contributed by atoms with Gasteiger partial charge in [0.15, 0.2) is 0 Å². The molecule has 7 heteroatoms. The summed E-state index contributed by atoms with van der Waals surface area (Å²) in [7, 11) is 0. The number of aromatic nitrogens is 1. The summed E-state index contributed by atoms with van der Waals surface area (Å²) in [6.07, 6.45) is 3.45. The molecule has 0 unspecified atom stereocenters. The van der Waals surface area contributed by atoms with Gasteiger partial charge in [0, 0.05) is 16.4 Å². The van der Waals surface area contributed by atoms with E-state index < -0.39 is 0 Å². The normalized spacial score (nSPS) is 15.7. The smallest absolute Gasteiger partial charge is 0.293 e. The summed E-state index contributed by atoms with van der Waals surface area (Å²) >= 11 is 6.88. The predicted molar refractivity (Wildman–Crippen MR) is 115 cm³/mol. The third kappa shape index (κ3) is 4.04. The van der Waals surface area contributed by atoms with Gasteiger partial charge in [-0.2, -0.15) is 0 Å². The molecule has 5 nitrogen and oxygen atoms in total. The van der Waals surface area contributed by atoms with E-state index in [1.807, 2.05) is 44.2 Å². The van der Waals surface area contributed by atoms with E-state index in [2.05, 4.69) is 4.57 Å². The van der Waals surface area contributed by atoms with Crippen molar-refractivity contribution in [3.8, 4) is 0 Å². The second kappa shape index (κ2) is 7.97. The number of hydrogen-bond acceptors (Lipinski definition) is 4. The van der Waals surface area contributed by atoms with E-state index in [1.165, 1.54) is 4.90 Å². The van der Waals surface area contributed by atoms with E-state index in [4.69, 9.17) is 16.0 Å². The average molecular weight is 427 g/mol. The summed E-state index contributed by atoms with van der Waals surface area (Å²) < 4.78 is 7.57. The average Bonchev–Trinajstić information content (AvgIpc) is 3.36. The van der Waals surface area contributed by atoms with Crippen molar-refractivity contribution in [3.05, 3.63) is 86.9 Å². The van der Waals surface area contributed by atoms with Crippen molar-refractivity contribution in [2.24, 2.45) is 0 Å². The van der Waals surface area contributed by atoms with Crippen LogP contribution in [0.1, 0.15) is 28.3 Å². The molecular weight excluding hydrogens is 408 g/mol. The summed E-state index contributed by atoms with van der Waals surface area (Å²) in [6, 6.07) is 12.9. The molecule has 1 saturated heterocycles. The van der Waals surface area contributed by atoms with Gasteiger partial charge in [-0.15, -0.1) is 0 Å². The maximum atomic E-state index is 12.8. The van der Waals surface area contributed by atoms with Crippen molar-refractivity contribution in [2.75, 3.05) is 0 Å². The molecule has 0 bridgehead atoms. The lowest BCUT2D eigenvalue weighted by molar-refractivity contribution is -0.123. The summed E-state index contributed by atoms with van der Waals surface area (Å²) in [5.41, 5.74) is 3.86. The molecule has 3 heterocycles. The number of imide groups is 1. The Morgan fingerprint density at radius 3 is 2.55 bits per heavy atom. The molecule has 0 aliphatic carbocycles. The Morgan fingerprint density at radius 2 is 1.86 bits per heavy atom. The largest absolute Gasteiger partial charge is 0.467 e. The molecule has 29 heavy (non-hydrogen) atoms. The summed E-state index contributed by atoms with van der Waals surface area (Å²) in [4.78, 5) is 26.9. The van der Waals surface area contributed by atoms with E-state index in [0.29, 0.717) is 16.5 Å². The molecule has 0 radical (unpaired) electrons. The fraction of sp³-hybridized carbons (Fsp3) is 0.182. The lowest BCUT2D eigenvalue weighted by atomic mass is 10.2. The maximum absolute atomic E-state index is 12.8. The molecule has 2 amide bonds. The van der Waals surface area contributed by atoms with Gasteiger partial charge in [0.05, 0.1) is 24.3 Å². The molecule has 1 fully saturated rings. The van der Waals surface area contributed by atoms with Gasteiger partial charge >= 0.3 is 0 Å². The first-order valence-corrected chi connectivity index (χ1v) is 10.3. The second-order valence-corrected chi connectivity index (χ2v) is 8.32. The van der Waals surface area contributed by atoms with Crippen LogP contribution >= 0.6 is 23.4 Å². The first-order chi connectivity index (χ1) is 13.9. The van der Waals surface area contributed by atoms with Gasteiger partial charge in [-0.1, -0.05) is 23.7 Å². The molecule has 2 aromatic heterocycles. The van der Waals surface area contributed by atoms with Gasteiger partial charge in [-0.05, 0) is 73.1 Å². The Bertz CT molecular complexity index is 1100. The molecule has 148 valence electrons. The number of rotatable bonds is 5. The van der Waals surface area contributed by atoms with Crippen LogP contribution in [0.2, 0.25) is 5.02 Å². The van der Waals surface area contributed by atoms with Crippen molar-refractivity contribution in [2.45, 2.75) is 26.9 Å². The van der Waals surface area contributed by atoms with Gasteiger partial charge in [0.25, 0.3) is 11.1 Å². The van der Waals surface area contributed by atoms with Crippen LogP contribution in [0.15, 0.2) is 58.1 Å². The lowest BCUT2D eigenvalue weighted by Gasteiger charge is -2.12. The Kier molecular flexibility index (Phi) is 5.39. The van der Waals surface area contributed by atoms with E-state index >= 15 is 0 Å². The highest BCUT2D eigenvalue weighted by Crippen LogP contribution is 2.34. The topological polar surface area (TPSA) is 55.5 Å². The number of aryl methyl sites for hydroxylation is 1. The molecule has 1 aromatic carbocycles. The van der Waals surface area contributed by atoms with Crippen LogP contribution in [-0.4, -0.2) is 20.6 Å². The predicted octanol–water partition coefficient (Wildman–Crippen LogP) is 5.64. The van der Waals surface area contributed by atoms with Gasteiger partial charge in [-0.3, -0.25) is 14.5 Å². The van der Waals surface area contributed by atoms with Gasteiger partial charge in [-0.25, -0.2) is 0 Å². The van der Waals surface area contributed by atoms with Crippen molar-refractivity contribution < 1.29 is 14.0 Å². The molecular formula is C22H19ClN2O3S. The fourth-order valence-electron chi connectivity index (χ4n) is 3.33. The van der Waals surface area contributed by atoms with Crippen LogP contribution in [-0.2, 0) is 17.9 Å². The van der Waals surface area contributed by atoms with Crippen LogP contribution in [0.5, 0.6) is 0 Å². The number of benzene rings is 1. The SMILES string of the molecule is Cc1cc(/C=C2\SC(=O)N(Cc3ccc(Cl)cc3)C2=O)c(C)n1Cc1ccco1. The molecule has 3 aromatic rings. The van der Waals surface area contributed by atoms with Crippen LogP contribution in [0.4, 0.5) is 4.79 Å². The molecule has 0 N–H and O–H groups in total. The van der Waals surface area contributed by atoms with E-state index in [9.17, 15) is 9.59 Å². The third-order valence-corrected chi connectivity index (χ3v) is 6.08. The number of thioether (sulfide) groups is 1. The Labute approximate surface area is 177 Å². The van der Waals surface area contributed by atoms with Gasteiger partial charge in [0.2, 0.25) is 0 Å². The minimum atomic E-state index is -0.272. The monoisotopic (exact) mass is 426 g/mol. The van der Waals surface area contributed by atoms with E-state index in [1.54, 1.807) is 24.5 Å². The van der Waals surface area contributed by atoms with Gasteiger partial charge in [0.1, 0.15) is 5.76 Å². The van der Waals surface area contributed by atoms with Crippen molar-refractivity contribution in [3.63, 3.8) is 0 Å². The van der Waals surface area contributed by atoms with E-state index in [-0.39, 0.29) is 17.7 Å². The first kappa shape index (κ1) is 19.6. The molecule has 1 aliphatic heterocycles. The van der Waals surface area contributed by atoms with Crippen LogP contribution in [0.3, 0.4) is 0 Å². The first-order valence-electron chi connectivity index (χ1n) is 9.11. The van der Waals surface area contributed by atoms with Crippen molar-refractivity contribution >= 4 is 40.6 Å². The summed E-state index contributed by atoms with van der Waals surface area (Å²) in [6.45, 7) is 4.87. The third-order valence-electron chi connectivity index (χ3n) is 4.92. The fourth-order valence-corrected chi connectivity index (χ4v) is 4.28. The zero-order valence-electron chi connectivity index (χ0n) is 16.0. The number of nitrogens with zero attached hydrogens (tertiary/aromatic N) is 2. The van der Waals surface area contributed by atoms with Gasteiger partial charge < -0.3 is 8.98 Å². The molecule has 4 rings (SSSR count). The Hall–Kier alpha value is -2.70. The number of carbonyl (C=O) groups excluding carboxylic acids is 2. The quantitative estimate of drug-likeness (QED) is 0.495. The molecule has 0 atom stereocenters. The zero-order chi connectivity index (χ0) is 20.5. The Balaban J connectivity index is 1.56. The highest BCUT2D eigenvalue weighted by Gasteiger charge is 2.35. The highest BCUT2D eigenvalue weighted by atomic mass is 35.5. The lowest BCUT2D eigenvalue weighted by Crippen LogP contribution is -2.27. The number of carbonyl (C=O) groups is 2. The van der Waals surface area contributed by atoms with Crippen LogP contribution in [0, 0.1) is 13.8 Å². The Morgan fingerprint density at radius 1 is 1.10 bits per heavy atom. The zero-order valence-corrected chi connectivity index (χ0v) is 17.6. The molecule has 1 aliphatic rings. The number of amides is 2.